The van der Waals surface area contributed by atoms with Gasteiger partial charge in [-0.3, -0.25) is 14.4 Å². The van der Waals surface area contributed by atoms with Gasteiger partial charge in [-0.1, -0.05) is 76.3 Å². The van der Waals surface area contributed by atoms with E-state index in [2.05, 4.69) is 81.2 Å². The monoisotopic (exact) mass is 890 g/mol. The molecule has 1 aliphatic rings. The van der Waals surface area contributed by atoms with E-state index >= 15 is 0 Å². The molecule has 11 heteroatoms. The predicted octanol–water partition coefficient (Wildman–Crippen LogP) is 11.9. The molecular formula is C52H91NO10. The number of allylic oxidation sites excluding steroid dienone is 8. The van der Waals surface area contributed by atoms with Crippen LogP contribution in [0.1, 0.15) is 182 Å². The van der Waals surface area contributed by atoms with Crippen molar-refractivity contribution >= 4 is 17.9 Å². The Kier molecular flexibility index (Phi) is 41.0. The molecule has 2 atom stereocenters. The average Bonchev–Trinajstić information content (AvgIpc) is 3.81. The number of hydrogen-bond acceptors (Lipinski definition) is 11. The van der Waals surface area contributed by atoms with E-state index in [4.69, 9.17) is 33.2 Å². The minimum absolute atomic E-state index is 0.0193. The van der Waals surface area contributed by atoms with E-state index in [1.54, 1.807) is 0 Å². The van der Waals surface area contributed by atoms with Gasteiger partial charge in [0.05, 0.1) is 18.8 Å². The zero-order chi connectivity index (χ0) is 45.7. The van der Waals surface area contributed by atoms with E-state index in [0.717, 1.165) is 129 Å². The Labute approximate surface area is 384 Å². The van der Waals surface area contributed by atoms with Crippen molar-refractivity contribution in [2.24, 2.45) is 5.92 Å². The Hall–Kier alpha value is -2.83. The molecule has 11 nitrogen and oxygen atoms in total. The molecule has 0 aromatic heterocycles. The van der Waals surface area contributed by atoms with E-state index in [9.17, 15) is 14.4 Å². The van der Waals surface area contributed by atoms with Gasteiger partial charge in [0.2, 0.25) is 0 Å². The van der Waals surface area contributed by atoms with E-state index in [0.29, 0.717) is 45.7 Å². The van der Waals surface area contributed by atoms with Crippen LogP contribution in [0.2, 0.25) is 0 Å². The molecule has 1 heterocycles. The maximum absolute atomic E-state index is 13.1. The van der Waals surface area contributed by atoms with Crippen LogP contribution >= 0.6 is 0 Å². The second-order valence-electron chi connectivity index (χ2n) is 16.5. The molecule has 0 aliphatic carbocycles. The van der Waals surface area contributed by atoms with Crippen LogP contribution in [0.3, 0.4) is 0 Å². The largest absolute Gasteiger partial charge is 0.465 e. The van der Waals surface area contributed by atoms with Gasteiger partial charge in [-0.25, -0.2) is 0 Å². The van der Waals surface area contributed by atoms with Crippen LogP contribution in [-0.2, 0) is 47.5 Å². The third-order valence-electron chi connectivity index (χ3n) is 10.5. The van der Waals surface area contributed by atoms with Crippen LogP contribution in [0.25, 0.3) is 0 Å². The summed E-state index contributed by atoms with van der Waals surface area (Å²) in [7, 11) is 0. The van der Waals surface area contributed by atoms with E-state index in [-0.39, 0.29) is 38.6 Å². The third kappa shape index (κ3) is 38.2. The highest BCUT2D eigenvalue weighted by molar-refractivity contribution is 5.70. The van der Waals surface area contributed by atoms with Gasteiger partial charge in [0.15, 0.2) is 12.6 Å². The van der Waals surface area contributed by atoms with Gasteiger partial charge in [0.25, 0.3) is 0 Å². The zero-order valence-corrected chi connectivity index (χ0v) is 40.4. The van der Waals surface area contributed by atoms with Gasteiger partial charge in [0, 0.05) is 45.7 Å². The fourth-order valence-corrected chi connectivity index (χ4v) is 6.80. The molecular weight excluding hydrogens is 799 g/mol. The number of hydrogen-bond donors (Lipinski definition) is 0. The minimum Gasteiger partial charge on any atom is -0.465 e. The number of nitrogens with zero attached hydrogens (tertiary/aromatic N) is 1. The standard InChI is InChI=1S/C52H91NO10/c1-5-9-13-17-21-27-40-57-51(58-41-28-22-18-14-10-6-2)35-33-49(55)62-45-47(44-61-48(54)32-31-39-53-37-25-26-38-53)46-63-50(56)34-36-52(59-42-29-23-19-15-11-7-3)60-43-30-24-20-16-12-8-4/h9-16,47,51-52H,5-8,17-46H2,1-4H3/b13-9-,14-10-,15-11-,16-12?. The van der Waals surface area contributed by atoms with Crippen molar-refractivity contribution in [3.05, 3.63) is 48.6 Å². The van der Waals surface area contributed by atoms with Gasteiger partial charge in [-0.15, -0.1) is 0 Å². The minimum atomic E-state index is -0.515. The summed E-state index contributed by atoms with van der Waals surface area (Å²) in [5, 5.41) is 0. The Bertz CT molecular complexity index is 1080. The zero-order valence-electron chi connectivity index (χ0n) is 40.4. The van der Waals surface area contributed by atoms with Gasteiger partial charge < -0.3 is 38.1 Å². The SMILES string of the molecule is CCC=CCCCCOC(CCC(=O)OCC(COC(=O)CCCN1CCCC1)COC(=O)CCC(OCCCC/C=C\CC)OCCCC/C=C\CC)OCCCC/C=C\CC. The summed E-state index contributed by atoms with van der Waals surface area (Å²) in [5.74, 6) is -1.64. The summed E-state index contributed by atoms with van der Waals surface area (Å²) in [6.45, 7) is 13.7. The first-order valence-corrected chi connectivity index (χ1v) is 25.2. The van der Waals surface area contributed by atoms with E-state index in [1.807, 2.05) is 0 Å². The fraction of sp³-hybridized carbons (Fsp3) is 0.788. The molecule has 0 spiro atoms. The number of unbranched alkanes of at least 4 members (excludes halogenated alkanes) is 8. The number of carbonyl (C=O) groups is 3. The lowest BCUT2D eigenvalue weighted by atomic mass is 10.2. The topological polar surface area (TPSA) is 119 Å². The van der Waals surface area contributed by atoms with Crippen molar-refractivity contribution in [1.82, 2.24) is 4.90 Å². The Balaban J connectivity index is 2.75. The lowest BCUT2D eigenvalue weighted by Gasteiger charge is -2.20. The van der Waals surface area contributed by atoms with Crippen LogP contribution in [0.15, 0.2) is 48.6 Å². The summed E-state index contributed by atoms with van der Waals surface area (Å²) in [6.07, 6.45) is 36.9. The molecule has 0 saturated carbocycles. The summed E-state index contributed by atoms with van der Waals surface area (Å²) in [6, 6.07) is 0. The second-order valence-corrected chi connectivity index (χ2v) is 16.5. The van der Waals surface area contributed by atoms with Crippen LogP contribution < -0.4 is 0 Å². The van der Waals surface area contributed by atoms with Crippen molar-refractivity contribution in [3.8, 4) is 0 Å². The number of carbonyl (C=O) groups excluding carboxylic acids is 3. The van der Waals surface area contributed by atoms with Crippen molar-refractivity contribution in [3.63, 3.8) is 0 Å². The summed E-state index contributed by atoms with van der Waals surface area (Å²) in [4.78, 5) is 41.2. The highest BCUT2D eigenvalue weighted by Gasteiger charge is 2.21. The van der Waals surface area contributed by atoms with Gasteiger partial charge >= 0.3 is 17.9 Å². The number of esters is 3. The third-order valence-corrected chi connectivity index (χ3v) is 10.5. The van der Waals surface area contributed by atoms with E-state index < -0.39 is 30.4 Å². The lowest BCUT2D eigenvalue weighted by Crippen LogP contribution is -2.28. The van der Waals surface area contributed by atoms with Gasteiger partial charge in [0.1, 0.15) is 19.8 Å². The second kappa shape index (κ2) is 44.4. The molecule has 1 aliphatic heterocycles. The molecule has 0 radical (unpaired) electrons. The number of ether oxygens (including phenoxy) is 7. The highest BCUT2D eigenvalue weighted by atomic mass is 16.7. The van der Waals surface area contributed by atoms with Crippen LogP contribution in [-0.4, -0.2) is 101 Å². The maximum Gasteiger partial charge on any atom is 0.305 e. The number of rotatable bonds is 44. The molecule has 0 bridgehead atoms. The van der Waals surface area contributed by atoms with Crippen LogP contribution in [0.4, 0.5) is 0 Å². The number of likely N-dealkylation sites (tertiary alicyclic amines) is 1. The molecule has 0 N–H and O–H groups in total. The molecule has 1 saturated heterocycles. The molecule has 2 unspecified atom stereocenters. The van der Waals surface area contributed by atoms with Crippen molar-refractivity contribution in [1.29, 1.82) is 0 Å². The molecule has 1 rings (SSSR count). The normalized spacial score (nSPS) is 14.6. The molecule has 63 heavy (non-hydrogen) atoms. The fourth-order valence-electron chi connectivity index (χ4n) is 6.80. The Morgan fingerprint density at radius 1 is 0.444 bits per heavy atom. The highest BCUT2D eigenvalue weighted by Crippen LogP contribution is 2.14. The average molecular weight is 890 g/mol. The van der Waals surface area contributed by atoms with Crippen LogP contribution in [0.5, 0.6) is 0 Å². The van der Waals surface area contributed by atoms with Crippen molar-refractivity contribution in [2.75, 3.05) is 65.9 Å². The maximum atomic E-state index is 13.1. The molecule has 0 aromatic carbocycles. The lowest BCUT2D eigenvalue weighted by molar-refractivity contribution is -0.164. The molecule has 364 valence electrons. The predicted molar refractivity (Wildman–Crippen MR) is 254 cm³/mol. The summed E-state index contributed by atoms with van der Waals surface area (Å²) < 4.78 is 41.4. The first-order valence-electron chi connectivity index (χ1n) is 25.2. The summed E-state index contributed by atoms with van der Waals surface area (Å²) in [5.41, 5.74) is 0. The summed E-state index contributed by atoms with van der Waals surface area (Å²) >= 11 is 0. The quantitative estimate of drug-likeness (QED) is 0.0191. The Morgan fingerprint density at radius 2 is 0.778 bits per heavy atom. The van der Waals surface area contributed by atoms with Gasteiger partial charge in [-0.2, -0.15) is 0 Å². The van der Waals surface area contributed by atoms with E-state index in [1.165, 1.54) is 12.8 Å². The van der Waals surface area contributed by atoms with Crippen molar-refractivity contribution < 1.29 is 47.5 Å². The molecule has 1 fully saturated rings. The molecule has 0 amide bonds. The van der Waals surface area contributed by atoms with Gasteiger partial charge in [-0.05, 0) is 142 Å². The first kappa shape index (κ1) is 58.2. The first-order chi connectivity index (χ1) is 30.9. The molecule has 0 aromatic rings. The van der Waals surface area contributed by atoms with Crippen LogP contribution in [0, 0.1) is 5.92 Å². The smallest absolute Gasteiger partial charge is 0.305 e. The Morgan fingerprint density at radius 3 is 1.11 bits per heavy atom. The van der Waals surface area contributed by atoms with Crippen molar-refractivity contribution in [2.45, 2.75) is 194 Å².